The molecule has 0 amide bonds. The zero-order valence-corrected chi connectivity index (χ0v) is 8.02. The number of nitrogens with one attached hydrogen (secondary N) is 1. The van der Waals surface area contributed by atoms with Gasteiger partial charge in [0.2, 0.25) is 0 Å². The van der Waals surface area contributed by atoms with Gasteiger partial charge in [-0.1, -0.05) is 13.8 Å². The van der Waals surface area contributed by atoms with Gasteiger partial charge in [0.25, 0.3) is 0 Å². The third-order valence-corrected chi connectivity index (χ3v) is 2.54. The Morgan fingerprint density at radius 1 is 1.58 bits per heavy atom. The monoisotopic (exact) mass is 174 g/mol. The summed E-state index contributed by atoms with van der Waals surface area (Å²) in [5, 5.41) is 3.34. The van der Waals surface area contributed by atoms with Crippen molar-refractivity contribution in [2.75, 3.05) is 32.9 Å². The summed E-state index contributed by atoms with van der Waals surface area (Å²) < 4.78 is 12.2. The van der Waals surface area contributed by atoms with Crippen molar-refractivity contribution >= 4 is 0 Å². The van der Waals surface area contributed by atoms with Crippen LogP contribution in [0.1, 0.15) is 13.8 Å². The largest absolute Gasteiger partial charge is 0.314 e. The van der Waals surface area contributed by atoms with Crippen molar-refractivity contribution < 1.29 is 4.39 Å². The van der Waals surface area contributed by atoms with Crippen LogP contribution >= 0.6 is 0 Å². The maximum Gasteiger partial charge on any atom is 0.102 e. The molecule has 1 N–H and O–H groups in total. The van der Waals surface area contributed by atoms with E-state index in [9.17, 15) is 4.39 Å². The maximum atomic E-state index is 12.2. The highest BCUT2D eigenvalue weighted by Crippen LogP contribution is 2.11. The summed E-state index contributed by atoms with van der Waals surface area (Å²) in [5.74, 6) is 0.615. The Morgan fingerprint density at radius 3 is 2.92 bits per heavy atom. The topological polar surface area (TPSA) is 15.3 Å². The molecule has 1 unspecified atom stereocenters. The highest BCUT2D eigenvalue weighted by molar-refractivity contribution is 4.81. The number of hydrogen-bond donors (Lipinski definition) is 1. The highest BCUT2D eigenvalue weighted by Gasteiger charge is 2.23. The number of halogens is 1. The summed E-state index contributed by atoms with van der Waals surface area (Å²) >= 11 is 0. The van der Waals surface area contributed by atoms with Crippen LogP contribution in [0, 0.1) is 5.92 Å². The quantitative estimate of drug-likeness (QED) is 0.683. The van der Waals surface area contributed by atoms with Gasteiger partial charge in [-0.25, -0.2) is 4.39 Å². The van der Waals surface area contributed by atoms with Crippen LogP contribution in [0.4, 0.5) is 4.39 Å². The normalized spacial score (nSPS) is 26.5. The minimum Gasteiger partial charge on any atom is -0.314 e. The fraction of sp³-hybridized carbons (Fsp3) is 1.00. The van der Waals surface area contributed by atoms with E-state index >= 15 is 0 Å². The first-order valence-electron chi connectivity index (χ1n) is 4.76. The third-order valence-electron chi connectivity index (χ3n) is 2.54. The fourth-order valence-corrected chi connectivity index (χ4v) is 1.81. The van der Waals surface area contributed by atoms with E-state index in [1.165, 1.54) is 0 Å². The van der Waals surface area contributed by atoms with Crippen molar-refractivity contribution in [2.45, 2.75) is 19.9 Å². The molecule has 0 radical (unpaired) electrons. The van der Waals surface area contributed by atoms with Crippen LogP contribution in [-0.4, -0.2) is 43.8 Å². The van der Waals surface area contributed by atoms with Crippen LogP contribution in [-0.2, 0) is 0 Å². The van der Waals surface area contributed by atoms with E-state index < -0.39 is 0 Å². The van der Waals surface area contributed by atoms with Crippen molar-refractivity contribution in [2.24, 2.45) is 5.92 Å². The lowest BCUT2D eigenvalue weighted by atomic mass is 10.0. The minimum absolute atomic E-state index is 0.219. The molecule has 1 aliphatic heterocycles. The van der Waals surface area contributed by atoms with E-state index in [2.05, 4.69) is 24.1 Å². The lowest BCUT2D eigenvalue weighted by Crippen LogP contribution is -2.53. The molecule has 12 heavy (non-hydrogen) atoms. The molecule has 0 aromatic heterocycles. The maximum absolute atomic E-state index is 12.2. The van der Waals surface area contributed by atoms with Crippen molar-refractivity contribution in [3.8, 4) is 0 Å². The summed E-state index contributed by atoms with van der Waals surface area (Å²) in [6.45, 7) is 7.78. The van der Waals surface area contributed by atoms with Crippen LogP contribution in [0.2, 0.25) is 0 Å². The molecular weight excluding hydrogens is 155 g/mol. The van der Waals surface area contributed by atoms with Crippen molar-refractivity contribution in [3.05, 3.63) is 0 Å². The van der Waals surface area contributed by atoms with E-state index in [1.807, 2.05) is 0 Å². The van der Waals surface area contributed by atoms with E-state index in [1.54, 1.807) is 0 Å². The van der Waals surface area contributed by atoms with Crippen LogP contribution in [0.3, 0.4) is 0 Å². The molecule has 72 valence electrons. The Bertz CT molecular complexity index is 126. The first-order chi connectivity index (χ1) is 5.75. The lowest BCUT2D eigenvalue weighted by Gasteiger charge is -2.38. The van der Waals surface area contributed by atoms with Crippen LogP contribution in [0.5, 0.6) is 0 Å². The summed E-state index contributed by atoms with van der Waals surface area (Å²) in [6.07, 6.45) is 0. The number of alkyl halides is 1. The van der Waals surface area contributed by atoms with Gasteiger partial charge in [0, 0.05) is 32.2 Å². The van der Waals surface area contributed by atoms with E-state index in [0.717, 1.165) is 19.6 Å². The van der Waals surface area contributed by atoms with Gasteiger partial charge in [-0.05, 0) is 5.92 Å². The second kappa shape index (κ2) is 4.77. The molecule has 0 aromatic carbocycles. The van der Waals surface area contributed by atoms with Gasteiger partial charge in [0.05, 0.1) is 0 Å². The number of piperazine rings is 1. The zero-order chi connectivity index (χ0) is 8.97. The average Bonchev–Trinajstić information content (AvgIpc) is 2.05. The second-order valence-corrected chi connectivity index (χ2v) is 3.74. The predicted octanol–water partition coefficient (Wildman–Crippen LogP) is 0.886. The van der Waals surface area contributed by atoms with Gasteiger partial charge in [0.1, 0.15) is 6.67 Å². The molecule has 1 saturated heterocycles. The van der Waals surface area contributed by atoms with Crippen LogP contribution < -0.4 is 5.32 Å². The van der Waals surface area contributed by atoms with Gasteiger partial charge in [-0.3, -0.25) is 4.90 Å². The molecule has 1 heterocycles. The molecule has 1 fully saturated rings. The Hall–Kier alpha value is -0.150. The van der Waals surface area contributed by atoms with E-state index in [4.69, 9.17) is 0 Å². The van der Waals surface area contributed by atoms with E-state index in [-0.39, 0.29) is 6.67 Å². The molecule has 0 aliphatic carbocycles. The zero-order valence-electron chi connectivity index (χ0n) is 8.02. The minimum atomic E-state index is -0.219. The standard InChI is InChI=1S/C9H19FN2/c1-8(2)9-7-11-4-6-12(9)5-3-10/h8-9,11H,3-7H2,1-2H3. The summed E-state index contributed by atoms with van der Waals surface area (Å²) in [4.78, 5) is 2.25. The summed E-state index contributed by atoms with van der Waals surface area (Å²) in [6, 6.07) is 0.523. The smallest absolute Gasteiger partial charge is 0.102 e. The molecule has 3 heteroatoms. The number of rotatable bonds is 3. The number of hydrogen-bond acceptors (Lipinski definition) is 2. The molecule has 1 aliphatic rings. The molecular formula is C9H19FN2. The first kappa shape index (κ1) is 9.93. The number of nitrogens with zero attached hydrogens (tertiary/aromatic N) is 1. The molecule has 0 aromatic rings. The van der Waals surface area contributed by atoms with Crippen molar-refractivity contribution in [1.29, 1.82) is 0 Å². The Labute approximate surface area is 74.1 Å². The molecule has 0 saturated carbocycles. The van der Waals surface area contributed by atoms with Crippen molar-refractivity contribution in [3.63, 3.8) is 0 Å². The fourth-order valence-electron chi connectivity index (χ4n) is 1.81. The molecule has 0 bridgehead atoms. The SMILES string of the molecule is CC(C)C1CNCCN1CCF. The third kappa shape index (κ3) is 2.42. The Morgan fingerprint density at radius 2 is 2.33 bits per heavy atom. The lowest BCUT2D eigenvalue weighted by molar-refractivity contribution is 0.116. The second-order valence-electron chi connectivity index (χ2n) is 3.74. The van der Waals surface area contributed by atoms with Gasteiger partial charge < -0.3 is 5.32 Å². The molecule has 1 atom stereocenters. The average molecular weight is 174 g/mol. The van der Waals surface area contributed by atoms with Crippen molar-refractivity contribution in [1.82, 2.24) is 10.2 Å². The van der Waals surface area contributed by atoms with Gasteiger partial charge in [0.15, 0.2) is 0 Å². The van der Waals surface area contributed by atoms with Crippen LogP contribution in [0.25, 0.3) is 0 Å². The molecule has 0 spiro atoms. The summed E-state index contributed by atoms with van der Waals surface area (Å²) in [5.41, 5.74) is 0. The van der Waals surface area contributed by atoms with Gasteiger partial charge >= 0.3 is 0 Å². The molecule has 2 nitrogen and oxygen atoms in total. The Kier molecular flexibility index (Phi) is 3.95. The Balaban J connectivity index is 2.42. The van der Waals surface area contributed by atoms with E-state index in [0.29, 0.717) is 18.5 Å². The van der Waals surface area contributed by atoms with Gasteiger partial charge in [-0.15, -0.1) is 0 Å². The first-order valence-corrected chi connectivity index (χ1v) is 4.76. The van der Waals surface area contributed by atoms with Gasteiger partial charge in [-0.2, -0.15) is 0 Å². The predicted molar refractivity (Wildman–Crippen MR) is 49.0 cm³/mol. The summed E-state index contributed by atoms with van der Waals surface area (Å²) in [7, 11) is 0. The van der Waals surface area contributed by atoms with Crippen LogP contribution in [0.15, 0.2) is 0 Å². The highest BCUT2D eigenvalue weighted by atomic mass is 19.1. The molecule has 1 rings (SSSR count).